The summed E-state index contributed by atoms with van der Waals surface area (Å²) in [5.74, 6) is 0. The second-order valence-electron chi connectivity index (χ2n) is 15.1. The monoisotopic (exact) mass is 608 g/mol. The Morgan fingerprint density at radius 2 is 0.745 bits per heavy atom. The van der Waals surface area contributed by atoms with Crippen molar-refractivity contribution in [3.05, 3.63) is 167 Å². The summed E-state index contributed by atoms with van der Waals surface area (Å²) in [5, 5.41) is 0. The van der Waals surface area contributed by atoms with Gasteiger partial charge in [0, 0.05) is 33.3 Å². The van der Waals surface area contributed by atoms with Crippen LogP contribution in [0, 0.1) is 0 Å². The first-order valence-corrected chi connectivity index (χ1v) is 16.9. The van der Waals surface area contributed by atoms with Gasteiger partial charge in [-0.05, 0) is 93.0 Å². The molecule has 0 aromatic heterocycles. The summed E-state index contributed by atoms with van der Waals surface area (Å²) in [7, 11) is 0. The Morgan fingerprint density at radius 3 is 1.21 bits per heavy atom. The van der Waals surface area contributed by atoms with Gasteiger partial charge >= 0.3 is 0 Å². The van der Waals surface area contributed by atoms with Crippen LogP contribution in [0.2, 0.25) is 0 Å². The summed E-state index contributed by atoms with van der Waals surface area (Å²) in [6.07, 6.45) is 0. The summed E-state index contributed by atoms with van der Waals surface area (Å²) in [6.45, 7) is 14.6. The number of nitrogens with zero attached hydrogens (tertiary/aromatic N) is 2. The zero-order chi connectivity index (χ0) is 32.3. The van der Waals surface area contributed by atoms with Gasteiger partial charge in [-0.25, -0.2) is 0 Å². The molecule has 0 aliphatic carbocycles. The molecular formula is C45H40N2. The minimum absolute atomic E-state index is 0.157. The van der Waals surface area contributed by atoms with Crippen molar-refractivity contribution >= 4 is 34.1 Å². The second kappa shape index (κ2) is 9.48. The van der Waals surface area contributed by atoms with E-state index in [0.717, 1.165) is 11.4 Å². The number of para-hydroxylation sites is 3. The van der Waals surface area contributed by atoms with E-state index in [9.17, 15) is 0 Å². The van der Waals surface area contributed by atoms with Crippen molar-refractivity contribution in [2.75, 3.05) is 9.80 Å². The minimum atomic E-state index is -0.250. The molecule has 230 valence electrons. The summed E-state index contributed by atoms with van der Waals surface area (Å²) in [6, 6.07) is 49.5. The Bertz CT molecular complexity index is 2170. The third kappa shape index (κ3) is 3.73. The molecule has 0 atom stereocenters. The Labute approximate surface area is 279 Å². The van der Waals surface area contributed by atoms with Crippen LogP contribution in [0.3, 0.4) is 0 Å². The van der Waals surface area contributed by atoms with E-state index in [4.69, 9.17) is 0 Å². The maximum atomic E-state index is 2.66. The topological polar surface area (TPSA) is 6.48 Å². The van der Waals surface area contributed by atoms with E-state index < -0.39 is 0 Å². The van der Waals surface area contributed by atoms with Crippen LogP contribution < -0.4 is 9.80 Å². The fourth-order valence-corrected chi connectivity index (χ4v) is 8.73. The Hall–Kier alpha value is -5.08. The second-order valence-corrected chi connectivity index (χ2v) is 15.1. The van der Waals surface area contributed by atoms with E-state index in [2.05, 4.69) is 185 Å². The molecule has 3 heterocycles. The van der Waals surface area contributed by atoms with Gasteiger partial charge in [-0.15, -0.1) is 0 Å². The third-order valence-electron chi connectivity index (χ3n) is 11.3. The molecule has 47 heavy (non-hydrogen) atoms. The number of hydrogen-bond acceptors (Lipinski definition) is 2. The largest absolute Gasteiger partial charge is 0.310 e. The molecule has 0 saturated heterocycles. The molecule has 3 aliphatic heterocycles. The van der Waals surface area contributed by atoms with Gasteiger partial charge in [0.05, 0.1) is 17.1 Å². The lowest BCUT2D eigenvalue weighted by atomic mass is 9.60. The van der Waals surface area contributed by atoms with Gasteiger partial charge in [-0.3, -0.25) is 0 Å². The standard InChI is InChI=1S/C45H40N2/c1-43(2)34-23-16-24-35-40(34)47-41-36(43)25-30(29-17-10-7-11-18-29)26-37(41)45(5,6)39-28-33(27-38(42(39)47)44(35,3)4)46(31-19-12-8-13-20-31)32-21-14-9-15-22-32/h7-28H,1-6H3. The predicted molar refractivity (Wildman–Crippen MR) is 198 cm³/mol. The molecule has 0 saturated carbocycles. The Balaban J connectivity index is 1.41. The molecule has 3 aliphatic rings. The average Bonchev–Trinajstić information content (AvgIpc) is 3.08. The molecule has 0 radical (unpaired) electrons. The van der Waals surface area contributed by atoms with E-state index in [1.807, 2.05) is 0 Å². The van der Waals surface area contributed by atoms with Crippen LogP contribution >= 0.6 is 0 Å². The first-order valence-electron chi connectivity index (χ1n) is 16.9. The zero-order valence-electron chi connectivity index (χ0n) is 28.1. The van der Waals surface area contributed by atoms with E-state index in [-0.39, 0.29) is 16.2 Å². The molecule has 2 heteroatoms. The van der Waals surface area contributed by atoms with Crippen LogP contribution in [0.25, 0.3) is 11.1 Å². The van der Waals surface area contributed by atoms with E-state index in [0.29, 0.717) is 0 Å². The molecule has 6 aromatic rings. The first-order chi connectivity index (χ1) is 22.6. The van der Waals surface area contributed by atoms with E-state index in [1.54, 1.807) is 0 Å². The number of hydrogen-bond donors (Lipinski definition) is 0. The molecule has 0 spiro atoms. The van der Waals surface area contributed by atoms with Crippen molar-refractivity contribution in [1.29, 1.82) is 0 Å². The molecule has 0 amide bonds. The lowest BCUT2D eigenvalue weighted by molar-refractivity contribution is 0.567. The van der Waals surface area contributed by atoms with Crippen molar-refractivity contribution in [3.8, 4) is 11.1 Å². The zero-order valence-corrected chi connectivity index (χ0v) is 28.1. The first kappa shape index (κ1) is 28.2. The molecule has 9 rings (SSSR count). The van der Waals surface area contributed by atoms with Crippen molar-refractivity contribution in [2.45, 2.75) is 57.8 Å². The van der Waals surface area contributed by atoms with E-state index in [1.165, 1.54) is 67.3 Å². The Kier molecular flexibility index (Phi) is 5.68. The van der Waals surface area contributed by atoms with Gasteiger partial charge in [0.15, 0.2) is 0 Å². The van der Waals surface area contributed by atoms with E-state index >= 15 is 0 Å². The van der Waals surface area contributed by atoms with Crippen LogP contribution in [-0.2, 0) is 16.2 Å². The van der Waals surface area contributed by atoms with Crippen LogP contribution in [0.4, 0.5) is 34.1 Å². The fourth-order valence-electron chi connectivity index (χ4n) is 8.73. The molecule has 0 unspecified atom stereocenters. The van der Waals surface area contributed by atoms with Crippen LogP contribution in [0.15, 0.2) is 133 Å². The number of benzene rings is 6. The third-order valence-corrected chi connectivity index (χ3v) is 11.3. The molecule has 0 N–H and O–H groups in total. The number of anilines is 6. The minimum Gasteiger partial charge on any atom is -0.310 e. The highest BCUT2D eigenvalue weighted by Crippen LogP contribution is 2.67. The maximum Gasteiger partial charge on any atom is 0.0545 e. The smallest absolute Gasteiger partial charge is 0.0545 e. The highest BCUT2D eigenvalue weighted by Gasteiger charge is 2.52. The highest BCUT2D eigenvalue weighted by atomic mass is 15.2. The normalized spacial score (nSPS) is 16.8. The summed E-state index contributed by atoms with van der Waals surface area (Å²) >= 11 is 0. The summed E-state index contributed by atoms with van der Waals surface area (Å²) in [4.78, 5) is 5.09. The summed E-state index contributed by atoms with van der Waals surface area (Å²) in [5.41, 5.74) is 17.9. The quantitative estimate of drug-likeness (QED) is 0.196. The SMILES string of the molecule is CC1(C)c2cccc3c2N2c4c1cc(-c1ccccc1)cc4C(C)(C)c1cc(N(c4ccccc4)c4ccccc4)cc(c12)C3(C)C. The van der Waals surface area contributed by atoms with Crippen molar-refractivity contribution in [2.24, 2.45) is 0 Å². The van der Waals surface area contributed by atoms with Crippen molar-refractivity contribution in [3.63, 3.8) is 0 Å². The lowest BCUT2D eigenvalue weighted by Gasteiger charge is -2.55. The lowest BCUT2D eigenvalue weighted by Crippen LogP contribution is -2.43. The van der Waals surface area contributed by atoms with Crippen LogP contribution in [0.5, 0.6) is 0 Å². The van der Waals surface area contributed by atoms with Crippen LogP contribution in [-0.4, -0.2) is 0 Å². The molecule has 0 bridgehead atoms. The fraction of sp³-hybridized carbons (Fsp3) is 0.200. The van der Waals surface area contributed by atoms with Gasteiger partial charge < -0.3 is 9.80 Å². The Morgan fingerprint density at radius 1 is 0.362 bits per heavy atom. The van der Waals surface area contributed by atoms with Gasteiger partial charge in [0.1, 0.15) is 0 Å². The predicted octanol–water partition coefficient (Wildman–Crippen LogP) is 12.2. The molecule has 2 nitrogen and oxygen atoms in total. The summed E-state index contributed by atoms with van der Waals surface area (Å²) < 4.78 is 0. The highest BCUT2D eigenvalue weighted by molar-refractivity contribution is 6.00. The van der Waals surface area contributed by atoms with Gasteiger partial charge in [-0.1, -0.05) is 126 Å². The number of rotatable bonds is 4. The molecule has 6 aromatic carbocycles. The molecular weight excluding hydrogens is 569 g/mol. The van der Waals surface area contributed by atoms with Crippen molar-refractivity contribution in [1.82, 2.24) is 0 Å². The van der Waals surface area contributed by atoms with Crippen LogP contribution in [0.1, 0.15) is 74.9 Å². The van der Waals surface area contributed by atoms with Gasteiger partial charge in [0.25, 0.3) is 0 Å². The molecule has 0 fully saturated rings. The maximum absolute atomic E-state index is 2.66. The average molecular weight is 609 g/mol. The van der Waals surface area contributed by atoms with Gasteiger partial charge in [-0.2, -0.15) is 0 Å². The van der Waals surface area contributed by atoms with Gasteiger partial charge in [0.2, 0.25) is 0 Å². The van der Waals surface area contributed by atoms with Crippen molar-refractivity contribution < 1.29 is 0 Å².